The lowest BCUT2D eigenvalue weighted by atomic mass is 9.98. The number of fused-ring (bicyclic) bond motifs is 3. The molecule has 2 atom stereocenters. The van der Waals surface area contributed by atoms with E-state index in [4.69, 9.17) is 4.74 Å². The molecule has 8 nitrogen and oxygen atoms in total. The summed E-state index contributed by atoms with van der Waals surface area (Å²) in [5.41, 5.74) is 4.66. The van der Waals surface area contributed by atoms with Gasteiger partial charge in [0.05, 0.1) is 0 Å². The van der Waals surface area contributed by atoms with Gasteiger partial charge in [-0.1, -0.05) is 55.5 Å². The van der Waals surface area contributed by atoms with Gasteiger partial charge in [-0.2, -0.15) is 0 Å². The van der Waals surface area contributed by atoms with Gasteiger partial charge in [0.1, 0.15) is 12.6 Å². The lowest BCUT2D eigenvalue weighted by Gasteiger charge is -2.38. The van der Waals surface area contributed by atoms with E-state index in [-0.39, 0.29) is 30.9 Å². The van der Waals surface area contributed by atoms with E-state index in [1.807, 2.05) is 24.3 Å². The molecule has 1 fully saturated rings. The standard InChI is InChI=1S/C26H31N3O5/c1-17(24(30)29-14-13-28(2)23(15-29)25(31)32)11-12-27-26(33)34-16-22-20-9-5-3-7-18(20)19-8-4-6-10-21(19)22/h3-10,17,22-23H,11-16H2,1-2H3,(H,27,33)(H,31,32). The highest BCUT2D eigenvalue weighted by Gasteiger charge is 2.33. The fourth-order valence-corrected chi connectivity index (χ4v) is 4.82. The lowest BCUT2D eigenvalue weighted by Crippen LogP contribution is -2.57. The Kier molecular flexibility index (Phi) is 7.17. The molecule has 2 aliphatic rings. The Hall–Kier alpha value is -3.39. The largest absolute Gasteiger partial charge is 0.480 e. The van der Waals surface area contributed by atoms with E-state index >= 15 is 0 Å². The highest BCUT2D eigenvalue weighted by molar-refractivity contribution is 5.81. The molecular weight excluding hydrogens is 434 g/mol. The minimum Gasteiger partial charge on any atom is -0.480 e. The number of aliphatic carboxylic acids is 1. The minimum absolute atomic E-state index is 0.00179. The van der Waals surface area contributed by atoms with Crippen molar-refractivity contribution in [3.05, 3.63) is 59.7 Å². The first-order chi connectivity index (χ1) is 16.4. The van der Waals surface area contributed by atoms with Gasteiger partial charge < -0.3 is 20.1 Å². The number of rotatable bonds is 7. The predicted octanol–water partition coefficient (Wildman–Crippen LogP) is 2.78. The predicted molar refractivity (Wildman–Crippen MR) is 127 cm³/mol. The van der Waals surface area contributed by atoms with Crippen LogP contribution in [0.4, 0.5) is 4.79 Å². The molecular formula is C26H31N3O5. The van der Waals surface area contributed by atoms with Gasteiger partial charge in [0, 0.05) is 38.0 Å². The molecule has 1 saturated heterocycles. The quantitative estimate of drug-likeness (QED) is 0.653. The number of nitrogens with one attached hydrogen (secondary N) is 1. The molecule has 4 rings (SSSR count). The summed E-state index contributed by atoms with van der Waals surface area (Å²) in [7, 11) is 1.75. The SMILES string of the molecule is CC(CCNC(=O)OCC1c2ccccc2-c2ccccc21)C(=O)N1CCN(C)C(C(=O)O)C1. The Bertz CT molecular complexity index is 1030. The molecule has 0 aromatic heterocycles. The van der Waals surface area contributed by atoms with Crippen molar-refractivity contribution in [3.8, 4) is 11.1 Å². The molecule has 0 saturated carbocycles. The van der Waals surface area contributed by atoms with Gasteiger partial charge in [0.25, 0.3) is 0 Å². The Morgan fingerprint density at radius 2 is 1.68 bits per heavy atom. The number of hydrogen-bond donors (Lipinski definition) is 2. The molecule has 2 aromatic carbocycles. The molecule has 0 radical (unpaired) electrons. The van der Waals surface area contributed by atoms with Crippen molar-refractivity contribution >= 4 is 18.0 Å². The van der Waals surface area contributed by atoms with Gasteiger partial charge in [-0.25, -0.2) is 4.79 Å². The van der Waals surface area contributed by atoms with Crippen molar-refractivity contribution in [2.75, 3.05) is 39.8 Å². The number of carboxylic acids is 1. The van der Waals surface area contributed by atoms with E-state index in [0.717, 1.165) is 11.1 Å². The average molecular weight is 466 g/mol. The lowest BCUT2D eigenvalue weighted by molar-refractivity contribution is -0.148. The smallest absolute Gasteiger partial charge is 0.407 e. The number of likely N-dealkylation sites (N-methyl/N-ethyl adjacent to an activating group) is 1. The van der Waals surface area contributed by atoms with E-state index < -0.39 is 18.1 Å². The van der Waals surface area contributed by atoms with Crippen LogP contribution in [0.2, 0.25) is 0 Å². The molecule has 1 aliphatic heterocycles. The molecule has 8 heteroatoms. The molecule has 2 N–H and O–H groups in total. The van der Waals surface area contributed by atoms with Crippen LogP contribution in [-0.2, 0) is 14.3 Å². The molecule has 34 heavy (non-hydrogen) atoms. The van der Waals surface area contributed by atoms with Crippen molar-refractivity contribution in [2.24, 2.45) is 5.92 Å². The van der Waals surface area contributed by atoms with Crippen LogP contribution in [0.5, 0.6) is 0 Å². The Balaban J connectivity index is 1.24. The average Bonchev–Trinajstić information content (AvgIpc) is 3.16. The van der Waals surface area contributed by atoms with Crippen molar-refractivity contribution in [1.82, 2.24) is 15.1 Å². The number of ether oxygens (including phenoxy) is 1. The third-order valence-corrected chi connectivity index (χ3v) is 6.86. The van der Waals surface area contributed by atoms with E-state index in [0.29, 0.717) is 26.1 Å². The third-order valence-electron chi connectivity index (χ3n) is 6.86. The van der Waals surface area contributed by atoms with Crippen LogP contribution in [0.3, 0.4) is 0 Å². The number of carbonyl (C=O) groups excluding carboxylic acids is 2. The van der Waals surface area contributed by atoms with Crippen LogP contribution < -0.4 is 5.32 Å². The van der Waals surface area contributed by atoms with E-state index in [2.05, 4.69) is 29.6 Å². The molecule has 0 bridgehead atoms. The van der Waals surface area contributed by atoms with Crippen molar-refractivity contribution in [3.63, 3.8) is 0 Å². The maximum atomic E-state index is 12.8. The van der Waals surface area contributed by atoms with Crippen molar-refractivity contribution in [1.29, 1.82) is 0 Å². The molecule has 2 unspecified atom stereocenters. The number of carbonyl (C=O) groups is 3. The Morgan fingerprint density at radius 3 is 2.29 bits per heavy atom. The first-order valence-corrected chi connectivity index (χ1v) is 11.7. The minimum atomic E-state index is -0.926. The van der Waals surface area contributed by atoms with Gasteiger partial charge in [0.2, 0.25) is 5.91 Å². The molecule has 2 aromatic rings. The van der Waals surface area contributed by atoms with Gasteiger partial charge in [0.15, 0.2) is 0 Å². The number of nitrogens with zero attached hydrogens (tertiary/aromatic N) is 2. The Labute approximate surface area is 199 Å². The molecule has 180 valence electrons. The zero-order valence-electron chi connectivity index (χ0n) is 19.6. The topological polar surface area (TPSA) is 99.2 Å². The zero-order chi connectivity index (χ0) is 24.2. The van der Waals surface area contributed by atoms with Crippen LogP contribution in [0.25, 0.3) is 11.1 Å². The van der Waals surface area contributed by atoms with Crippen LogP contribution >= 0.6 is 0 Å². The van der Waals surface area contributed by atoms with E-state index in [1.54, 1.807) is 23.8 Å². The summed E-state index contributed by atoms with van der Waals surface area (Å²) >= 11 is 0. The summed E-state index contributed by atoms with van der Waals surface area (Å²) in [6.07, 6.45) is -0.0559. The zero-order valence-corrected chi connectivity index (χ0v) is 19.6. The van der Waals surface area contributed by atoms with Crippen molar-refractivity contribution < 1.29 is 24.2 Å². The summed E-state index contributed by atoms with van der Waals surface area (Å²) in [6.45, 7) is 3.55. The summed E-state index contributed by atoms with van der Waals surface area (Å²) in [5.74, 6) is -1.34. The first-order valence-electron chi connectivity index (χ1n) is 11.7. The maximum absolute atomic E-state index is 12.8. The van der Waals surface area contributed by atoms with Gasteiger partial charge in [-0.15, -0.1) is 0 Å². The summed E-state index contributed by atoms with van der Waals surface area (Å²) in [4.78, 5) is 39.8. The Morgan fingerprint density at radius 1 is 1.06 bits per heavy atom. The highest BCUT2D eigenvalue weighted by Crippen LogP contribution is 2.44. The third kappa shape index (κ3) is 4.92. The second-order valence-corrected chi connectivity index (χ2v) is 9.06. The second kappa shape index (κ2) is 10.3. The fourth-order valence-electron chi connectivity index (χ4n) is 4.82. The highest BCUT2D eigenvalue weighted by atomic mass is 16.5. The monoisotopic (exact) mass is 465 g/mol. The van der Waals surface area contributed by atoms with E-state index in [1.165, 1.54) is 11.1 Å². The second-order valence-electron chi connectivity index (χ2n) is 9.06. The number of hydrogen-bond acceptors (Lipinski definition) is 5. The van der Waals surface area contributed by atoms with Crippen LogP contribution in [0, 0.1) is 5.92 Å². The van der Waals surface area contributed by atoms with Crippen molar-refractivity contribution in [2.45, 2.75) is 25.3 Å². The summed E-state index contributed by atoms with van der Waals surface area (Å²) in [6, 6.07) is 15.6. The number of benzene rings is 2. The molecule has 1 heterocycles. The van der Waals surface area contributed by atoms with Gasteiger partial charge in [-0.3, -0.25) is 14.5 Å². The normalized spacial score (nSPS) is 18.6. The molecule has 0 spiro atoms. The summed E-state index contributed by atoms with van der Waals surface area (Å²) < 4.78 is 5.53. The summed E-state index contributed by atoms with van der Waals surface area (Å²) in [5, 5.41) is 12.1. The van der Waals surface area contributed by atoms with Gasteiger partial charge in [-0.05, 0) is 35.7 Å². The van der Waals surface area contributed by atoms with Crippen LogP contribution in [0.1, 0.15) is 30.4 Å². The number of amides is 2. The van der Waals surface area contributed by atoms with Crippen LogP contribution in [-0.4, -0.2) is 78.8 Å². The molecule has 2 amide bonds. The fraction of sp³-hybridized carbons (Fsp3) is 0.423. The first kappa shape index (κ1) is 23.8. The van der Waals surface area contributed by atoms with Gasteiger partial charge >= 0.3 is 12.1 Å². The van der Waals surface area contributed by atoms with Crippen LogP contribution in [0.15, 0.2) is 48.5 Å². The number of alkyl carbamates (subject to hydrolysis) is 1. The number of carboxylic acid groups (broad SMARTS) is 1. The molecule has 1 aliphatic carbocycles. The van der Waals surface area contributed by atoms with E-state index in [9.17, 15) is 19.5 Å². The number of piperazine rings is 1. The maximum Gasteiger partial charge on any atom is 0.407 e.